The van der Waals surface area contributed by atoms with Crippen molar-refractivity contribution < 1.29 is 9.53 Å². The highest BCUT2D eigenvalue weighted by Gasteiger charge is 2.16. The Morgan fingerprint density at radius 3 is 2.50 bits per heavy atom. The number of alkyl carbamates (subject to hydrolysis) is 1. The van der Waals surface area contributed by atoms with E-state index in [9.17, 15) is 4.79 Å². The van der Waals surface area contributed by atoms with E-state index in [-0.39, 0.29) is 6.09 Å². The third-order valence-corrected chi connectivity index (χ3v) is 7.02. The second-order valence-corrected chi connectivity index (χ2v) is 9.81. The summed E-state index contributed by atoms with van der Waals surface area (Å²) >= 11 is 6.72. The number of rotatable bonds is 3. The van der Waals surface area contributed by atoms with Crippen LogP contribution in [0.4, 0.5) is 4.79 Å². The number of hydrogen-bond donors (Lipinski definition) is 1. The zero-order valence-electron chi connectivity index (χ0n) is 8.72. The van der Waals surface area contributed by atoms with Crippen molar-refractivity contribution in [3.8, 4) is 0 Å². The lowest BCUT2D eigenvalue weighted by Gasteiger charge is -2.21. The lowest BCUT2D eigenvalue weighted by molar-refractivity contribution is 0.177. The Labute approximate surface area is 137 Å². The number of carbonyl (C=O) groups is 1. The first-order chi connectivity index (χ1) is 7.59. The molecule has 0 saturated heterocycles. The van der Waals surface area contributed by atoms with Crippen LogP contribution < -0.4 is 5.32 Å². The molecule has 0 aromatic carbocycles. The van der Waals surface area contributed by atoms with Crippen LogP contribution in [0, 0.1) is 0 Å². The number of allylic oxidation sites excluding steroid dienone is 1. The standard InChI is InChI=1S/C10H14I3NO2/c11-8(9(12)13)6-16-10(15)14-7-4-2-1-3-5-7/h6-7,9H,1-5H2,(H,14,15). The van der Waals surface area contributed by atoms with Gasteiger partial charge in [-0.05, 0) is 35.4 Å². The van der Waals surface area contributed by atoms with Gasteiger partial charge in [0.05, 0.1) is 1.93 Å². The van der Waals surface area contributed by atoms with Crippen molar-refractivity contribution in [3.05, 3.63) is 9.84 Å². The monoisotopic (exact) mass is 561 g/mol. The van der Waals surface area contributed by atoms with Gasteiger partial charge in [0.25, 0.3) is 0 Å². The second-order valence-electron chi connectivity index (χ2n) is 3.69. The molecule has 1 aliphatic rings. The van der Waals surface area contributed by atoms with Crippen LogP contribution >= 0.6 is 67.8 Å². The lowest BCUT2D eigenvalue weighted by atomic mass is 9.96. The number of halogens is 3. The molecule has 0 aromatic heterocycles. The van der Waals surface area contributed by atoms with Crippen LogP contribution in [0.15, 0.2) is 9.84 Å². The minimum atomic E-state index is -0.325. The Balaban J connectivity index is 2.27. The Morgan fingerprint density at radius 2 is 1.94 bits per heavy atom. The van der Waals surface area contributed by atoms with Crippen molar-refractivity contribution in [2.75, 3.05) is 0 Å². The Bertz CT molecular complexity index is 263. The average Bonchev–Trinajstić information content (AvgIpc) is 2.27. The molecule has 0 aromatic rings. The minimum Gasteiger partial charge on any atom is -0.417 e. The first kappa shape index (κ1) is 15.3. The predicted molar refractivity (Wildman–Crippen MR) is 90.4 cm³/mol. The molecule has 1 rings (SSSR count). The quantitative estimate of drug-likeness (QED) is 0.313. The van der Waals surface area contributed by atoms with Gasteiger partial charge in [-0.15, -0.1) is 0 Å². The van der Waals surface area contributed by atoms with E-state index in [1.54, 1.807) is 0 Å². The molecule has 1 saturated carbocycles. The summed E-state index contributed by atoms with van der Waals surface area (Å²) in [6, 6.07) is 0.308. The number of nitrogens with one attached hydrogen (secondary N) is 1. The van der Waals surface area contributed by atoms with Gasteiger partial charge in [0, 0.05) is 9.62 Å². The molecule has 3 nitrogen and oxygen atoms in total. The molecule has 92 valence electrons. The molecule has 0 bridgehead atoms. The highest BCUT2D eigenvalue weighted by atomic mass is 127. The smallest absolute Gasteiger partial charge is 0.412 e. The molecule has 6 heteroatoms. The van der Waals surface area contributed by atoms with Crippen molar-refractivity contribution in [2.24, 2.45) is 0 Å². The largest absolute Gasteiger partial charge is 0.417 e. The summed E-state index contributed by atoms with van der Waals surface area (Å²) in [5.74, 6) is 0. The molecule has 0 spiro atoms. The van der Waals surface area contributed by atoms with Crippen molar-refractivity contribution in [2.45, 2.75) is 40.1 Å². The van der Waals surface area contributed by atoms with Crippen LogP contribution in [0.2, 0.25) is 0 Å². The van der Waals surface area contributed by atoms with Crippen LogP contribution in [0.5, 0.6) is 0 Å². The maximum Gasteiger partial charge on any atom is 0.412 e. The summed E-state index contributed by atoms with van der Waals surface area (Å²) in [7, 11) is 0. The molecule has 1 fully saturated rings. The van der Waals surface area contributed by atoms with Gasteiger partial charge in [0.1, 0.15) is 6.26 Å². The van der Waals surface area contributed by atoms with E-state index < -0.39 is 0 Å². The zero-order chi connectivity index (χ0) is 12.0. The number of carbonyl (C=O) groups excluding carboxylic acids is 1. The highest BCUT2D eigenvalue weighted by Crippen LogP contribution is 2.25. The molecule has 0 atom stereocenters. The van der Waals surface area contributed by atoms with E-state index in [1.807, 2.05) is 0 Å². The summed E-state index contributed by atoms with van der Waals surface area (Å²) in [5, 5.41) is 2.90. The van der Waals surface area contributed by atoms with Gasteiger partial charge >= 0.3 is 6.09 Å². The average molecular weight is 561 g/mol. The fourth-order valence-corrected chi connectivity index (χ4v) is 2.03. The van der Waals surface area contributed by atoms with Gasteiger partial charge in [-0.25, -0.2) is 4.79 Å². The molecule has 0 heterocycles. The van der Waals surface area contributed by atoms with E-state index in [0.29, 0.717) is 7.97 Å². The molecule has 1 amide bonds. The molecular formula is C10H14I3NO2. The van der Waals surface area contributed by atoms with Crippen molar-refractivity contribution in [3.63, 3.8) is 0 Å². The molecular weight excluding hydrogens is 547 g/mol. The maximum absolute atomic E-state index is 11.5. The van der Waals surface area contributed by atoms with Gasteiger partial charge in [0.15, 0.2) is 0 Å². The number of alkyl halides is 2. The van der Waals surface area contributed by atoms with Gasteiger partial charge in [0.2, 0.25) is 0 Å². The van der Waals surface area contributed by atoms with E-state index in [0.717, 1.165) is 16.4 Å². The van der Waals surface area contributed by atoms with Crippen LogP contribution in [0.3, 0.4) is 0 Å². The van der Waals surface area contributed by atoms with Crippen molar-refractivity contribution in [1.82, 2.24) is 5.32 Å². The zero-order valence-corrected chi connectivity index (χ0v) is 15.2. The molecule has 0 unspecified atom stereocenters. The van der Waals surface area contributed by atoms with E-state index in [1.165, 1.54) is 25.5 Å². The topological polar surface area (TPSA) is 38.3 Å². The lowest BCUT2D eigenvalue weighted by Crippen LogP contribution is -2.35. The minimum absolute atomic E-state index is 0.308. The first-order valence-electron chi connectivity index (χ1n) is 5.20. The van der Waals surface area contributed by atoms with E-state index in [2.05, 4.69) is 73.1 Å². The summed E-state index contributed by atoms with van der Waals surface area (Å²) in [6.45, 7) is 0. The SMILES string of the molecule is O=C(NC1CCCCC1)OC=C(I)C(I)I. The van der Waals surface area contributed by atoms with E-state index in [4.69, 9.17) is 4.74 Å². The Morgan fingerprint density at radius 1 is 1.31 bits per heavy atom. The molecule has 16 heavy (non-hydrogen) atoms. The number of ether oxygens (including phenoxy) is 1. The highest BCUT2D eigenvalue weighted by molar-refractivity contribution is 14.2. The fourth-order valence-electron chi connectivity index (χ4n) is 1.61. The molecule has 1 aliphatic carbocycles. The van der Waals surface area contributed by atoms with Gasteiger partial charge in [-0.2, -0.15) is 0 Å². The van der Waals surface area contributed by atoms with Crippen LogP contribution in [-0.2, 0) is 4.74 Å². The van der Waals surface area contributed by atoms with Crippen LogP contribution in [-0.4, -0.2) is 14.1 Å². The number of amides is 1. The summed E-state index contributed by atoms with van der Waals surface area (Å²) in [4.78, 5) is 11.5. The first-order valence-corrected chi connectivity index (χ1v) is 8.77. The van der Waals surface area contributed by atoms with Crippen LogP contribution in [0.1, 0.15) is 32.1 Å². The van der Waals surface area contributed by atoms with E-state index >= 15 is 0 Å². The summed E-state index contributed by atoms with van der Waals surface area (Å²) in [5.41, 5.74) is 0. The maximum atomic E-state index is 11.5. The molecule has 0 radical (unpaired) electrons. The van der Waals surface area contributed by atoms with Crippen molar-refractivity contribution in [1.29, 1.82) is 0 Å². The Kier molecular flexibility index (Phi) is 7.94. The molecule has 1 N–H and O–H groups in total. The normalized spacial score (nSPS) is 18.6. The summed E-state index contributed by atoms with van der Waals surface area (Å²) < 4.78 is 6.41. The fraction of sp³-hybridized carbons (Fsp3) is 0.700. The molecule has 0 aliphatic heterocycles. The Hall–Kier alpha value is 1.20. The second kappa shape index (κ2) is 8.33. The van der Waals surface area contributed by atoms with Crippen LogP contribution in [0.25, 0.3) is 0 Å². The third-order valence-electron chi connectivity index (χ3n) is 2.41. The predicted octanol–water partition coefficient (Wildman–Crippen LogP) is 4.52. The summed E-state index contributed by atoms with van der Waals surface area (Å²) in [6.07, 6.45) is 7.07. The number of hydrogen-bond acceptors (Lipinski definition) is 2. The van der Waals surface area contributed by atoms with Gasteiger partial charge in [-0.1, -0.05) is 64.4 Å². The van der Waals surface area contributed by atoms with Crippen molar-refractivity contribution >= 4 is 73.9 Å². The van der Waals surface area contributed by atoms with Gasteiger partial charge in [-0.3, -0.25) is 0 Å². The van der Waals surface area contributed by atoms with Gasteiger partial charge < -0.3 is 10.1 Å². The third kappa shape index (κ3) is 6.22.